The summed E-state index contributed by atoms with van der Waals surface area (Å²) in [6, 6.07) is 7.73. The van der Waals surface area contributed by atoms with Gasteiger partial charge in [0.05, 0.1) is 14.2 Å². The molecule has 2 heterocycles. The van der Waals surface area contributed by atoms with Gasteiger partial charge in [0.15, 0.2) is 11.5 Å². The van der Waals surface area contributed by atoms with Gasteiger partial charge < -0.3 is 19.7 Å². The molecule has 1 aliphatic rings. The number of hydrogen-bond acceptors (Lipinski definition) is 6. The van der Waals surface area contributed by atoms with E-state index in [0.29, 0.717) is 24.5 Å². The van der Waals surface area contributed by atoms with Crippen LogP contribution < -0.4 is 19.7 Å². The van der Waals surface area contributed by atoms with Crippen LogP contribution in [0, 0.1) is 6.92 Å². The van der Waals surface area contributed by atoms with Crippen molar-refractivity contribution in [1.29, 1.82) is 0 Å². The molecule has 1 saturated heterocycles. The van der Waals surface area contributed by atoms with Crippen molar-refractivity contribution in [2.75, 3.05) is 25.7 Å². The Balaban J connectivity index is 1.57. The molecule has 7 heteroatoms. The first-order chi connectivity index (χ1) is 13.1. The molecule has 1 amide bonds. The number of nitrogens with one attached hydrogen (secondary N) is 1. The van der Waals surface area contributed by atoms with Crippen LogP contribution in [0.5, 0.6) is 11.5 Å². The van der Waals surface area contributed by atoms with E-state index >= 15 is 0 Å². The van der Waals surface area contributed by atoms with E-state index in [1.165, 1.54) is 0 Å². The third kappa shape index (κ3) is 4.67. The molecule has 1 fully saturated rings. The largest absolute Gasteiger partial charge is 0.493 e. The van der Waals surface area contributed by atoms with E-state index in [4.69, 9.17) is 9.47 Å². The van der Waals surface area contributed by atoms with E-state index in [1.807, 2.05) is 31.2 Å². The van der Waals surface area contributed by atoms with Crippen molar-refractivity contribution in [3.63, 3.8) is 0 Å². The standard InChI is InChI=1S/C20H26N4O3/c1-14-21-9-8-19(23-14)24-10-4-5-16(24)12-20(25)22-13-15-6-7-17(26-2)18(11-15)27-3/h6-9,11,16H,4-5,10,12-13H2,1-3H3,(H,22,25)/t16-/m1/s1. The monoisotopic (exact) mass is 370 g/mol. The summed E-state index contributed by atoms with van der Waals surface area (Å²) in [5.41, 5.74) is 0.968. The summed E-state index contributed by atoms with van der Waals surface area (Å²) in [5, 5.41) is 3.00. The number of methoxy groups -OCH3 is 2. The Kier molecular flexibility index (Phi) is 6.11. The van der Waals surface area contributed by atoms with Crippen molar-refractivity contribution in [3.8, 4) is 11.5 Å². The van der Waals surface area contributed by atoms with Gasteiger partial charge in [-0.3, -0.25) is 4.79 Å². The van der Waals surface area contributed by atoms with Gasteiger partial charge in [0.25, 0.3) is 0 Å². The molecule has 144 valence electrons. The molecule has 3 rings (SSSR count). The number of aromatic nitrogens is 2. The van der Waals surface area contributed by atoms with Gasteiger partial charge in [0.2, 0.25) is 5.91 Å². The summed E-state index contributed by atoms with van der Waals surface area (Å²) in [4.78, 5) is 23.3. The number of rotatable bonds is 7. The van der Waals surface area contributed by atoms with Crippen LogP contribution in [0.2, 0.25) is 0 Å². The number of benzene rings is 1. The number of carbonyl (C=O) groups excluding carboxylic acids is 1. The highest BCUT2D eigenvalue weighted by Crippen LogP contribution is 2.28. The third-order valence-corrected chi connectivity index (χ3v) is 4.79. The molecule has 0 spiro atoms. The zero-order chi connectivity index (χ0) is 19.2. The van der Waals surface area contributed by atoms with Gasteiger partial charge in [-0.25, -0.2) is 9.97 Å². The first-order valence-electron chi connectivity index (χ1n) is 9.14. The van der Waals surface area contributed by atoms with Gasteiger partial charge >= 0.3 is 0 Å². The fraction of sp³-hybridized carbons (Fsp3) is 0.450. The minimum absolute atomic E-state index is 0.0347. The second kappa shape index (κ2) is 8.70. The van der Waals surface area contributed by atoms with E-state index in [1.54, 1.807) is 20.4 Å². The topological polar surface area (TPSA) is 76.6 Å². The summed E-state index contributed by atoms with van der Waals surface area (Å²) < 4.78 is 10.5. The van der Waals surface area contributed by atoms with Crippen molar-refractivity contribution >= 4 is 11.7 Å². The number of ether oxygens (including phenoxy) is 2. The Labute approximate surface area is 159 Å². The normalized spacial score (nSPS) is 16.3. The lowest BCUT2D eigenvalue weighted by Crippen LogP contribution is -2.35. The van der Waals surface area contributed by atoms with Crippen LogP contribution in [0.3, 0.4) is 0 Å². The van der Waals surface area contributed by atoms with Crippen molar-refractivity contribution in [3.05, 3.63) is 41.9 Å². The zero-order valence-corrected chi connectivity index (χ0v) is 16.1. The van der Waals surface area contributed by atoms with Crippen molar-refractivity contribution in [2.45, 2.75) is 38.8 Å². The summed E-state index contributed by atoms with van der Waals surface area (Å²) in [6.07, 6.45) is 4.28. The molecule has 27 heavy (non-hydrogen) atoms. The Morgan fingerprint density at radius 1 is 1.26 bits per heavy atom. The third-order valence-electron chi connectivity index (χ3n) is 4.79. The molecule has 1 atom stereocenters. The number of aryl methyl sites for hydroxylation is 1. The first-order valence-corrected chi connectivity index (χ1v) is 9.14. The maximum Gasteiger partial charge on any atom is 0.222 e. The number of anilines is 1. The molecular formula is C20H26N4O3. The molecule has 1 aromatic carbocycles. The van der Waals surface area contributed by atoms with Crippen LogP contribution in [0.15, 0.2) is 30.5 Å². The maximum absolute atomic E-state index is 12.5. The van der Waals surface area contributed by atoms with Crippen LogP contribution in [-0.2, 0) is 11.3 Å². The molecule has 0 unspecified atom stereocenters. The smallest absolute Gasteiger partial charge is 0.222 e. The van der Waals surface area contributed by atoms with E-state index in [2.05, 4.69) is 20.2 Å². The van der Waals surface area contributed by atoms with Crippen LogP contribution in [0.4, 0.5) is 5.82 Å². The van der Waals surface area contributed by atoms with E-state index in [9.17, 15) is 4.79 Å². The van der Waals surface area contributed by atoms with Gasteiger partial charge in [0.1, 0.15) is 11.6 Å². The zero-order valence-electron chi connectivity index (χ0n) is 16.1. The number of carbonyl (C=O) groups is 1. The molecule has 0 bridgehead atoms. The molecule has 0 aliphatic carbocycles. The molecule has 7 nitrogen and oxygen atoms in total. The lowest BCUT2D eigenvalue weighted by Gasteiger charge is -2.25. The molecule has 1 aliphatic heterocycles. The Morgan fingerprint density at radius 3 is 2.81 bits per heavy atom. The van der Waals surface area contributed by atoms with Crippen LogP contribution in [0.25, 0.3) is 0 Å². The summed E-state index contributed by atoms with van der Waals surface area (Å²) in [7, 11) is 3.20. The predicted molar refractivity (Wildman–Crippen MR) is 103 cm³/mol. The van der Waals surface area contributed by atoms with E-state index in [-0.39, 0.29) is 11.9 Å². The van der Waals surface area contributed by atoms with Crippen molar-refractivity contribution < 1.29 is 14.3 Å². The Morgan fingerprint density at radius 2 is 2.07 bits per heavy atom. The second-order valence-electron chi connectivity index (χ2n) is 6.62. The van der Waals surface area contributed by atoms with Crippen molar-refractivity contribution in [2.24, 2.45) is 0 Å². The SMILES string of the molecule is COc1ccc(CNC(=O)C[C@H]2CCCN2c2ccnc(C)n2)cc1OC. The molecule has 0 saturated carbocycles. The number of amides is 1. The van der Waals surface area contributed by atoms with Crippen molar-refractivity contribution in [1.82, 2.24) is 15.3 Å². The fourth-order valence-electron chi connectivity index (χ4n) is 3.43. The van der Waals surface area contributed by atoms with Gasteiger partial charge in [-0.2, -0.15) is 0 Å². The first kappa shape index (κ1) is 18.9. The van der Waals surface area contributed by atoms with Gasteiger partial charge in [-0.1, -0.05) is 6.07 Å². The average molecular weight is 370 g/mol. The van der Waals surface area contributed by atoms with E-state index in [0.717, 1.165) is 36.6 Å². The summed E-state index contributed by atoms with van der Waals surface area (Å²) >= 11 is 0. The minimum Gasteiger partial charge on any atom is -0.493 e. The lowest BCUT2D eigenvalue weighted by molar-refractivity contribution is -0.121. The Bertz CT molecular complexity index is 797. The van der Waals surface area contributed by atoms with Crippen LogP contribution in [0.1, 0.15) is 30.7 Å². The molecule has 1 N–H and O–H groups in total. The fourth-order valence-corrected chi connectivity index (χ4v) is 3.43. The predicted octanol–water partition coefficient (Wildman–Crippen LogP) is 2.48. The van der Waals surface area contributed by atoms with E-state index < -0.39 is 0 Å². The molecular weight excluding hydrogens is 344 g/mol. The highest BCUT2D eigenvalue weighted by atomic mass is 16.5. The Hall–Kier alpha value is -2.83. The lowest BCUT2D eigenvalue weighted by atomic mass is 10.1. The highest BCUT2D eigenvalue weighted by molar-refractivity contribution is 5.77. The minimum atomic E-state index is 0.0347. The molecule has 1 aromatic heterocycles. The second-order valence-corrected chi connectivity index (χ2v) is 6.62. The number of nitrogens with zero attached hydrogens (tertiary/aromatic N) is 3. The quantitative estimate of drug-likeness (QED) is 0.807. The number of hydrogen-bond donors (Lipinski definition) is 1. The summed E-state index contributed by atoms with van der Waals surface area (Å²) in [5.74, 6) is 3.01. The summed E-state index contributed by atoms with van der Waals surface area (Å²) in [6.45, 7) is 3.26. The van der Waals surface area contributed by atoms with Gasteiger partial charge in [-0.15, -0.1) is 0 Å². The molecule has 0 radical (unpaired) electrons. The van der Waals surface area contributed by atoms with Crippen LogP contribution >= 0.6 is 0 Å². The average Bonchev–Trinajstić information content (AvgIpc) is 3.14. The maximum atomic E-state index is 12.5. The van der Waals surface area contributed by atoms with Gasteiger partial charge in [-0.05, 0) is 43.5 Å². The van der Waals surface area contributed by atoms with Crippen LogP contribution in [-0.4, -0.2) is 42.7 Å². The van der Waals surface area contributed by atoms with Gasteiger partial charge in [0, 0.05) is 31.7 Å². The highest BCUT2D eigenvalue weighted by Gasteiger charge is 2.27. The molecule has 2 aromatic rings.